The van der Waals surface area contributed by atoms with Crippen LogP contribution in [0.3, 0.4) is 0 Å². The third-order valence-electron chi connectivity index (χ3n) is 6.40. The Morgan fingerprint density at radius 3 is 2.67 bits per heavy atom. The average Bonchev–Trinajstić information content (AvgIpc) is 3.27. The predicted octanol–water partition coefficient (Wildman–Crippen LogP) is 3.88. The van der Waals surface area contributed by atoms with E-state index in [1.807, 2.05) is 13.0 Å². The standard InChI is InChI=1S/C22H26F3N7O/c1-14-26-9-7-18(27-14)31-12-15-5-6-16(13-31)19(15)28-21-29-20-17(4-2-10-32(20)30-21)33-11-3-8-22(23,24)25/h2,4,7,9-10,15-16,19H,3,5-6,8,11-13H2,1H3,(H,28,30)/t15-,16?,19?/m0/s1. The Labute approximate surface area is 189 Å². The molecule has 4 heterocycles. The van der Waals surface area contributed by atoms with Crippen molar-refractivity contribution in [2.24, 2.45) is 11.8 Å². The minimum atomic E-state index is -4.18. The summed E-state index contributed by atoms with van der Waals surface area (Å²) in [6, 6.07) is 5.67. The minimum Gasteiger partial charge on any atom is -0.490 e. The molecule has 0 radical (unpaired) electrons. The summed E-state index contributed by atoms with van der Waals surface area (Å²) in [5, 5.41) is 8.04. The van der Waals surface area contributed by atoms with Crippen molar-refractivity contribution in [1.29, 1.82) is 0 Å². The zero-order valence-corrected chi connectivity index (χ0v) is 18.3. The third kappa shape index (κ3) is 4.81. The molecule has 3 aromatic heterocycles. The molecule has 2 aliphatic rings. The first-order chi connectivity index (χ1) is 15.9. The molecule has 176 valence electrons. The maximum Gasteiger partial charge on any atom is 0.389 e. The molecule has 1 aliphatic carbocycles. The second-order valence-electron chi connectivity index (χ2n) is 8.78. The summed E-state index contributed by atoms with van der Waals surface area (Å²) in [7, 11) is 0. The summed E-state index contributed by atoms with van der Waals surface area (Å²) < 4.78 is 44.3. The number of rotatable bonds is 7. The Bertz CT molecular complexity index is 1100. The van der Waals surface area contributed by atoms with E-state index in [4.69, 9.17) is 4.74 Å². The van der Waals surface area contributed by atoms with Crippen molar-refractivity contribution in [1.82, 2.24) is 24.6 Å². The summed E-state index contributed by atoms with van der Waals surface area (Å²) in [5.41, 5.74) is 0.494. The van der Waals surface area contributed by atoms with Gasteiger partial charge in [-0.15, -0.1) is 5.10 Å². The molecule has 1 saturated carbocycles. The van der Waals surface area contributed by atoms with Gasteiger partial charge < -0.3 is 15.0 Å². The normalized spacial score (nSPS) is 22.7. The quantitative estimate of drug-likeness (QED) is 0.535. The van der Waals surface area contributed by atoms with E-state index in [2.05, 4.69) is 30.3 Å². The smallest absolute Gasteiger partial charge is 0.389 e. The number of fused-ring (bicyclic) bond motifs is 3. The maximum absolute atomic E-state index is 12.4. The SMILES string of the molecule is Cc1nccc(N2CC3CC[C@@H](C2)C3Nc2nc3c(OCCCC(F)(F)F)cccn3n2)n1. The molecule has 0 amide bonds. The van der Waals surface area contributed by atoms with Crippen molar-refractivity contribution in [2.45, 2.75) is 44.8 Å². The van der Waals surface area contributed by atoms with Gasteiger partial charge in [-0.2, -0.15) is 18.2 Å². The first-order valence-electron chi connectivity index (χ1n) is 11.2. The fourth-order valence-corrected chi connectivity index (χ4v) is 4.92. The van der Waals surface area contributed by atoms with E-state index in [-0.39, 0.29) is 19.1 Å². The first kappa shape index (κ1) is 21.7. The number of aryl methyl sites for hydroxylation is 1. The lowest BCUT2D eigenvalue weighted by atomic mass is 9.92. The Morgan fingerprint density at radius 2 is 1.94 bits per heavy atom. The third-order valence-corrected chi connectivity index (χ3v) is 6.40. The molecule has 8 nitrogen and oxygen atoms in total. The number of hydrogen-bond donors (Lipinski definition) is 1. The highest BCUT2D eigenvalue weighted by Crippen LogP contribution is 2.39. The molecule has 0 spiro atoms. The summed E-state index contributed by atoms with van der Waals surface area (Å²) in [4.78, 5) is 15.7. The lowest BCUT2D eigenvalue weighted by Crippen LogP contribution is -2.48. The van der Waals surface area contributed by atoms with Gasteiger partial charge in [0.05, 0.1) is 6.61 Å². The van der Waals surface area contributed by atoms with Crippen LogP contribution >= 0.6 is 0 Å². The number of anilines is 2. The molecule has 33 heavy (non-hydrogen) atoms. The van der Waals surface area contributed by atoms with Gasteiger partial charge in [0.15, 0.2) is 11.4 Å². The van der Waals surface area contributed by atoms with E-state index in [0.717, 1.165) is 37.6 Å². The van der Waals surface area contributed by atoms with E-state index in [1.165, 1.54) is 0 Å². The topological polar surface area (TPSA) is 80.5 Å². The van der Waals surface area contributed by atoms with Crippen molar-refractivity contribution >= 4 is 17.4 Å². The molecule has 1 aliphatic heterocycles. The maximum atomic E-state index is 12.4. The van der Waals surface area contributed by atoms with Gasteiger partial charge in [-0.1, -0.05) is 0 Å². The number of ether oxygens (including phenoxy) is 1. The fraction of sp³-hybridized carbons (Fsp3) is 0.545. The molecule has 11 heteroatoms. The van der Waals surface area contributed by atoms with Crippen LogP contribution in [-0.4, -0.2) is 56.5 Å². The van der Waals surface area contributed by atoms with Crippen LogP contribution in [0.5, 0.6) is 5.75 Å². The number of halogens is 3. The van der Waals surface area contributed by atoms with Crippen molar-refractivity contribution in [2.75, 3.05) is 29.9 Å². The van der Waals surface area contributed by atoms with Gasteiger partial charge in [0.2, 0.25) is 5.95 Å². The van der Waals surface area contributed by atoms with Crippen LogP contribution in [-0.2, 0) is 0 Å². The number of alkyl halides is 3. The van der Waals surface area contributed by atoms with Crippen LogP contribution < -0.4 is 15.0 Å². The number of nitrogens with one attached hydrogen (secondary N) is 1. The van der Waals surface area contributed by atoms with Crippen molar-refractivity contribution in [3.63, 3.8) is 0 Å². The molecule has 1 saturated heterocycles. The molecule has 0 aromatic carbocycles. The highest BCUT2D eigenvalue weighted by molar-refractivity contribution is 5.56. The van der Waals surface area contributed by atoms with Gasteiger partial charge >= 0.3 is 6.18 Å². The molecule has 2 bridgehead atoms. The first-order valence-corrected chi connectivity index (χ1v) is 11.2. The van der Waals surface area contributed by atoms with Gasteiger partial charge in [0.25, 0.3) is 0 Å². The van der Waals surface area contributed by atoms with Gasteiger partial charge in [0.1, 0.15) is 11.6 Å². The highest BCUT2D eigenvalue weighted by atomic mass is 19.4. The van der Waals surface area contributed by atoms with E-state index >= 15 is 0 Å². The molecule has 3 aromatic rings. The minimum absolute atomic E-state index is 0.0278. The van der Waals surface area contributed by atoms with Crippen LogP contribution in [0.15, 0.2) is 30.6 Å². The Morgan fingerprint density at radius 1 is 1.15 bits per heavy atom. The molecule has 2 unspecified atom stereocenters. The molecular formula is C22H26F3N7O. The van der Waals surface area contributed by atoms with Crippen LogP contribution in [0.2, 0.25) is 0 Å². The Kier molecular flexibility index (Phi) is 5.71. The molecule has 3 atom stereocenters. The van der Waals surface area contributed by atoms with Crippen molar-refractivity contribution in [3.05, 3.63) is 36.4 Å². The zero-order chi connectivity index (χ0) is 23.0. The summed E-state index contributed by atoms with van der Waals surface area (Å²) in [5.74, 6) is 3.57. The lowest BCUT2D eigenvalue weighted by Gasteiger charge is -2.38. The van der Waals surface area contributed by atoms with Crippen LogP contribution in [0.25, 0.3) is 5.65 Å². The predicted molar refractivity (Wildman–Crippen MR) is 116 cm³/mol. The largest absolute Gasteiger partial charge is 0.490 e. The molecule has 2 fully saturated rings. The average molecular weight is 461 g/mol. The summed E-state index contributed by atoms with van der Waals surface area (Å²) in [6.45, 7) is 3.69. The van der Waals surface area contributed by atoms with E-state index in [0.29, 0.717) is 29.2 Å². The summed E-state index contributed by atoms with van der Waals surface area (Å²) in [6.07, 6.45) is 0.664. The zero-order valence-electron chi connectivity index (χ0n) is 18.3. The van der Waals surface area contributed by atoms with Gasteiger partial charge in [-0.05, 0) is 56.2 Å². The van der Waals surface area contributed by atoms with Crippen LogP contribution in [0.4, 0.5) is 24.9 Å². The molecular weight excluding hydrogens is 435 g/mol. The van der Waals surface area contributed by atoms with Crippen LogP contribution in [0, 0.1) is 18.8 Å². The van der Waals surface area contributed by atoms with E-state index < -0.39 is 12.6 Å². The van der Waals surface area contributed by atoms with Gasteiger partial charge in [0, 0.05) is 37.9 Å². The Hall–Kier alpha value is -3.11. The second kappa shape index (κ2) is 8.68. The van der Waals surface area contributed by atoms with E-state index in [9.17, 15) is 13.2 Å². The number of nitrogens with zero attached hydrogens (tertiary/aromatic N) is 6. The number of piperidine rings is 1. The van der Waals surface area contributed by atoms with Gasteiger partial charge in [-0.25, -0.2) is 14.5 Å². The fourth-order valence-electron chi connectivity index (χ4n) is 4.92. The van der Waals surface area contributed by atoms with Crippen molar-refractivity contribution in [3.8, 4) is 5.75 Å². The van der Waals surface area contributed by atoms with E-state index in [1.54, 1.807) is 29.0 Å². The highest BCUT2D eigenvalue weighted by Gasteiger charge is 2.43. The number of hydrogen-bond acceptors (Lipinski definition) is 7. The van der Waals surface area contributed by atoms with Crippen molar-refractivity contribution < 1.29 is 17.9 Å². The molecule has 5 rings (SSSR count). The van der Waals surface area contributed by atoms with Crippen LogP contribution in [0.1, 0.15) is 31.5 Å². The number of pyridine rings is 1. The second-order valence-corrected chi connectivity index (χ2v) is 8.78. The lowest BCUT2D eigenvalue weighted by molar-refractivity contribution is -0.136. The van der Waals surface area contributed by atoms with Gasteiger partial charge in [-0.3, -0.25) is 0 Å². The molecule has 1 N–H and O–H groups in total. The number of aromatic nitrogens is 5. The Balaban J connectivity index is 1.25. The summed E-state index contributed by atoms with van der Waals surface area (Å²) >= 11 is 0. The monoisotopic (exact) mass is 461 g/mol.